The number of amides is 2. The number of rotatable bonds is 7. The fourth-order valence-electron chi connectivity index (χ4n) is 3.30. The normalized spacial score (nSPS) is 13.9. The van der Waals surface area contributed by atoms with Crippen molar-refractivity contribution in [3.8, 4) is 5.75 Å². The van der Waals surface area contributed by atoms with E-state index in [1.54, 1.807) is 12.0 Å². The molecule has 148 valence electrons. The Hall–Kier alpha value is -3.02. The number of ether oxygens (including phenoxy) is 1. The van der Waals surface area contributed by atoms with E-state index in [2.05, 4.69) is 22.3 Å². The zero-order valence-electron chi connectivity index (χ0n) is 16.3. The van der Waals surface area contributed by atoms with Crippen molar-refractivity contribution in [1.29, 1.82) is 0 Å². The van der Waals surface area contributed by atoms with E-state index in [-0.39, 0.29) is 18.2 Å². The van der Waals surface area contributed by atoms with Gasteiger partial charge in [-0.25, -0.2) is 0 Å². The summed E-state index contributed by atoms with van der Waals surface area (Å²) in [5, 5.41) is 2.84. The van der Waals surface area contributed by atoms with Crippen molar-refractivity contribution in [2.75, 3.05) is 44.7 Å². The monoisotopic (exact) mass is 381 g/mol. The maximum Gasteiger partial charge on any atom is 0.232 e. The lowest BCUT2D eigenvalue weighted by molar-refractivity contribution is -0.136. The Labute approximate surface area is 166 Å². The topological polar surface area (TPSA) is 61.9 Å². The summed E-state index contributed by atoms with van der Waals surface area (Å²) in [7, 11) is 1.63. The molecule has 1 aliphatic heterocycles. The maximum absolute atomic E-state index is 12.4. The van der Waals surface area contributed by atoms with Crippen LogP contribution in [0.2, 0.25) is 0 Å². The Kier molecular flexibility index (Phi) is 6.89. The van der Waals surface area contributed by atoms with Gasteiger partial charge in [-0.15, -0.1) is 0 Å². The van der Waals surface area contributed by atoms with Gasteiger partial charge in [-0.1, -0.05) is 30.3 Å². The van der Waals surface area contributed by atoms with Crippen LogP contribution in [0.1, 0.15) is 12.0 Å². The SMILES string of the molecule is COc1ccc(CCNC(=O)CC(=O)N2CCN(c3ccccc3)CC2)cc1. The average molecular weight is 381 g/mol. The van der Waals surface area contributed by atoms with Crippen molar-refractivity contribution in [2.24, 2.45) is 0 Å². The van der Waals surface area contributed by atoms with Crippen LogP contribution in [-0.4, -0.2) is 56.5 Å². The molecule has 1 fully saturated rings. The summed E-state index contributed by atoms with van der Waals surface area (Å²) in [5.41, 5.74) is 2.29. The van der Waals surface area contributed by atoms with E-state index in [0.29, 0.717) is 19.6 Å². The molecule has 6 heteroatoms. The highest BCUT2D eigenvalue weighted by Crippen LogP contribution is 2.16. The first-order valence-corrected chi connectivity index (χ1v) is 9.63. The number of nitrogens with zero attached hydrogens (tertiary/aromatic N) is 2. The molecular weight excluding hydrogens is 354 g/mol. The minimum absolute atomic E-state index is 0.0893. The maximum atomic E-state index is 12.4. The number of para-hydroxylation sites is 1. The number of anilines is 1. The molecule has 0 unspecified atom stereocenters. The molecule has 3 rings (SSSR count). The summed E-state index contributed by atoms with van der Waals surface area (Å²) in [6.45, 7) is 3.38. The molecule has 2 amide bonds. The van der Waals surface area contributed by atoms with E-state index < -0.39 is 0 Å². The summed E-state index contributed by atoms with van der Waals surface area (Å²) < 4.78 is 5.13. The lowest BCUT2D eigenvalue weighted by Gasteiger charge is -2.36. The molecule has 0 spiro atoms. The molecule has 1 N–H and O–H groups in total. The quantitative estimate of drug-likeness (QED) is 0.746. The molecule has 2 aromatic rings. The summed E-state index contributed by atoms with van der Waals surface area (Å²) in [4.78, 5) is 28.5. The first-order valence-electron chi connectivity index (χ1n) is 9.63. The van der Waals surface area contributed by atoms with E-state index in [1.165, 1.54) is 5.69 Å². The fraction of sp³-hybridized carbons (Fsp3) is 0.364. The van der Waals surface area contributed by atoms with Crippen LogP contribution in [0.5, 0.6) is 5.75 Å². The Balaban J connectivity index is 1.36. The molecule has 0 atom stereocenters. The number of methoxy groups -OCH3 is 1. The Morgan fingerprint density at radius 2 is 1.64 bits per heavy atom. The zero-order valence-corrected chi connectivity index (χ0v) is 16.3. The van der Waals surface area contributed by atoms with Gasteiger partial charge >= 0.3 is 0 Å². The minimum Gasteiger partial charge on any atom is -0.497 e. The summed E-state index contributed by atoms with van der Waals surface area (Å²) in [5.74, 6) is 0.490. The number of carbonyl (C=O) groups excluding carboxylic acids is 2. The van der Waals surface area contributed by atoms with Gasteiger partial charge in [-0.3, -0.25) is 9.59 Å². The number of hydrogen-bond acceptors (Lipinski definition) is 4. The van der Waals surface area contributed by atoms with E-state index in [1.807, 2.05) is 42.5 Å². The van der Waals surface area contributed by atoms with Crippen molar-refractivity contribution in [1.82, 2.24) is 10.2 Å². The lowest BCUT2D eigenvalue weighted by Crippen LogP contribution is -2.49. The molecule has 0 radical (unpaired) electrons. The van der Waals surface area contributed by atoms with E-state index in [4.69, 9.17) is 4.74 Å². The van der Waals surface area contributed by atoms with Crippen LogP contribution in [0.25, 0.3) is 0 Å². The van der Waals surface area contributed by atoms with Crippen LogP contribution in [0.15, 0.2) is 54.6 Å². The standard InChI is InChI=1S/C22H27N3O3/c1-28-20-9-7-18(8-10-20)11-12-23-21(26)17-22(27)25-15-13-24(14-16-25)19-5-3-2-4-6-19/h2-10H,11-17H2,1H3,(H,23,26). The van der Waals surface area contributed by atoms with Crippen LogP contribution < -0.4 is 15.0 Å². The first-order chi connectivity index (χ1) is 13.7. The predicted octanol–water partition coefficient (Wildman–Crippen LogP) is 2.09. The molecule has 1 aliphatic rings. The van der Waals surface area contributed by atoms with Gasteiger partial charge in [-0.05, 0) is 36.2 Å². The molecular formula is C22H27N3O3. The third-order valence-corrected chi connectivity index (χ3v) is 4.96. The largest absolute Gasteiger partial charge is 0.497 e. The number of piperazine rings is 1. The van der Waals surface area contributed by atoms with Crippen LogP contribution in [0.4, 0.5) is 5.69 Å². The Morgan fingerprint density at radius 3 is 2.29 bits per heavy atom. The van der Waals surface area contributed by atoms with Crippen molar-refractivity contribution >= 4 is 17.5 Å². The first kappa shape index (κ1) is 19.7. The highest BCUT2D eigenvalue weighted by Gasteiger charge is 2.22. The second kappa shape index (κ2) is 9.78. The highest BCUT2D eigenvalue weighted by molar-refractivity contribution is 5.97. The molecule has 0 aliphatic carbocycles. The summed E-state index contributed by atoms with van der Waals surface area (Å²) in [6, 6.07) is 17.9. The molecule has 1 saturated heterocycles. The van der Waals surface area contributed by atoms with Crippen molar-refractivity contribution in [3.63, 3.8) is 0 Å². The van der Waals surface area contributed by atoms with Crippen LogP contribution in [-0.2, 0) is 16.0 Å². The molecule has 0 saturated carbocycles. The van der Waals surface area contributed by atoms with E-state index in [0.717, 1.165) is 30.8 Å². The van der Waals surface area contributed by atoms with Gasteiger partial charge in [0.2, 0.25) is 11.8 Å². The minimum atomic E-state index is -0.219. The van der Waals surface area contributed by atoms with E-state index in [9.17, 15) is 9.59 Å². The van der Waals surface area contributed by atoms with Gasteiger partial charge < -0.3 is 19.9 Å². The molecule has 6 nitrogen and oxygen atoms in total. The summed E-state index contributed by atoms with van der Waals surface area (Å²) >= 11 is 0. The van der Waals surface area contributed by atoms with Crippen LogP contribution >= 0.6 is 0 Å². The van der Waals surface area contributed by atoms with Crippen molar-refractivity contribution in [2.45, 2.75) is 12.8 Å². The molecule has 28 heavy (non-hydrogen) atoms. The predicted molar refractivity (Wildman–Crippen MR) is 110 cm³/mol. The van der Waals surface area contributed by atoms with Gasteiger partial charge in [0.15, 0.2) is 0 Å². The average Bonchev–Trinajstić information content (AvgIpc) is 2.75. The van der Waals surface area contributed by atoms with Gasteiger partial charge in [0.1, 0.15) is 12.2 Å². The molecule has 0 bridgehead atoms. The Morgan fingerprint density at radius 1 is 0.964 bits per heavy atom. The third kappa shape index (κ3) is 5.49. The number of carbonyl (C=O) groups is 2. The zero-order chi connectivity index (χ0) is 19.8. The lowest BCUT2D eigenvalue weighted by atomic mass is 10.1. The van der Waals surface area contributed by atoms with Crippen LogP contribution in [0.3, 0.4) is 0 Å². The Bertz CT molecular complexity index is 769. The molecule has 0 aromatic heterocycles. The summed E-state index contributed by atoms with van der Waals surface area (Å²) in [6.07, 6.45) is 0.633. The van der Waals surface area contributed by atoms with Gasteiger partial charge in [-0.2, -0.15) is 0 Å². The second-order valence-corrected chi connectivity index (χ2v) is 6.83. The van der Waals surface area contributed by atoms with Crippen LogP contribution in [0, 0.1) is 0 Å². The molecule has 1 heterocycles. The third-order valence-electron chi connectivity index (χ3n) is 4.96. The smallest absolute Gasteiger partial charge is 0.232 e. The van der Waals surface area contributed by atoms with Gasteiger partial charge in [0, 0.05) is 38.4 Å². The van der Waals surface area contributed by atoms with E-state index >= 15 is 0 Å². The number of hydrogen-bond donors (Lipinski definition) is 1. The fourth-order valence-corrected chi connectivity index (χ4v) is 3.30. The van der Waals surface area contributed by atoms with Gasteiger partial charge in [0.05, 0.1) is 7.11 Å². The van der Waals surface area contributed by atoms with Crippen molar-refractivity contribution in [3.05, 3.63) is 60.2 Å². The second-order valence-electron chi connectivity index (χ2n) is 6.83. The van der Waals surface area contributed by atoms with Crippen molar-refractivity contribution < 1.29 is 14.3 Å². The molecule has 2 aromatic carbocycles. The number of benzene rings is 2. The highest BCUT2D eigenvalue weighted by atomic mass is 16.5. The van der Waals surface area contributed by atoms with Gasteiger partial charge in [0.25, 0.3) is 0 Å². The number of nitrogens with one attached hydrogen (secondary N) is 1.